The van der Waals surface area contributed by atoms with E-state index < -0.39 is 0 Å². The maximum absolute atomic E-state index is 11.7. The fraction of sp³-hybridized carbons (Fsp3) is 0.417. The second-order valence-corrected chi connectivity index (χ2v) is 3.99. The third-order valence-corrected chi connectivity index (χ3v) is 2.90. The maximum atomic E-state index is 11.7. The van der Waals surface area contributed by atoms with Gasteiger partial charge in [-0.25, -0.2) is 0 Å². The number of benzene rings is 1. The molecule has 0 aliphatic heterocycles. The Balaban J connectivity index is 2.72. The summed E-state index contributed by atoms with van der Waals surface area (Å²) < 4.78 is 0. The van der Waals surface area contributed by atoms with Gasteiger partial charge in [-0.3, -0.25) is 4.79 Å². The molecule has 0 spiro atoms. The van der Waals surface area contributed by atoms with Crippen molar-refractivity contribution in [2.24, 2.45) is 0 Å². The lowest BCUT2D eigenvalue weighted by Gasteiger charge is -2.19. The molecule has 0 amide bonds. The first kappa shape index (κ1) is 9.25. The summed E-state index contributed by atoms with van der Waals surface area (Å²) in [4.78, 5) is 11.7. The van der Waals surface area contributed by atoms with Gasteiger partial charge in [-0.1, -0.05) is 6.07 Å². The van der Waals surface area contributed by atoms with Crippen molar-refractivity contribution < 1.29 is 9.90 Å². The van der Waals surface area contributed by atoms with Crippen LogP contribution in [0.15, 0.2) is 6.07 Å². The summed E-state index contributed by atoms with van der Waals surface area (Å²) in [6.45, 7) is 3.82. The van der Waals surface area contributed by atoms with E-state index in [1.54, 1.807) is 0 Å². The van der Waals surface area contributed by atoms with Crippen LogP contribution >= 0.6 is 0 Å². The molecule has 2 nitrogen and oxygen atoms in total. The van der Waals surface area contributed by atoms with Gasteiger partial charge in [0.1, 0.15) is 5.75 Å². The van der Waals surface area contributed by atoms with E-state index in [0.29, 0.717) is 12.2 Å². The van der Waals surface area contributed by atoms with Crippen LogP contribution in [0.2, 0.25) is 0 Å². The average molecular weight is 190 g/mol. The Morgan fingerprint density at radius 2 is 1.93 bits per heavy atom. The molecule has 1 N–H and O–H groups in total. The molecule has 1 aliphatic rings. The molecular weight excluding hydrogens is 176 g/mol. The molecule has 0 bridgehead atoms. The van der Waals surface area contributed by atoms with Gasteiger partial charge in [0, 0.05) is 17.5 Å². The van der Waals surface area contributed by atoms with Crippen molar-refractivity contribution in [1.29, 1.82) is 0 Å². The van der Waals surface area contributed by atoms with Crippen molar-refractivity contribution in [2.75, 3.05) is 0 Å². The molecular formula is C12H14O2. The van der Waals surface area contributed by atoms with Crippen LogP contribution in [0.3, 0.4) is 0 Å². The van der Waals surface area contributed by atoms with Crippen molar-refractivity contribution >= 4 is 5.78 Å². The minimum absolute atomic E-state index is 0.180. The number of carbonyl (C=O) groups excluding carboxylic acids is 1. The number of aryl methyl sites for hydroxylation is 2. The second-order valence-electron chi connectivity index (χ2n) is 3.99. The standard InChI is InChI=1S/C12H14O2/c1-7-6-8(2)12(14)9-4-3-5-10(13)11(7)9/h6,14H,3-5H2,1-2H3. The van der Waals surface area contributed by atoms with Gasteiger partial charge in [0.25, 0.3) is 0 Å². The molecule has 0 aromatic heterocycles. The highest BCUT2D eigenvalue weighted by Crippen LogP contribution is 2.33. The number of carbonyl (C=O) groups is 1. The van der Waals surface area contributed by atoms with Crippen LogP contribution in [0.25, 0.3) is 0 Å². The Morgan fingerprint density at radius 1 is 1.21 bits per heavy atom. The summed E-state index contributed by atoms with van der Waals surface area (Å²) >= 11 is 0. The van der Waals surface area contributed by atoms with Gasteiger partial charge in [-0.2, -0.15) is 0 Å². The Labute approximate surface area is 83.6 Å². The molecule has 0 fully saturated rings. The lowest BCUT2D eigenvalue weighted by Crippen LogP contribution is -2.13. The zero-order valence-electron chi connectivity index (χ0n) is 8.55. The molecule has 74 valence electrons. The summed E-state index contributed by atoms with van der Waals surface area (Å²) in [5.74, 6) is 0.498. The Kier molecular flexibility index (Phi) is 2.06. The van der Waals surface area contributed by atoms with Crippen LogP contribution in [-0.2, 0) is 6.42 Å². The fourth-order valence-electron chi connectivity index (χ4n) is 2.24. The quantitative estimate of drug-likeness (QED) is 0.682. The fourth-order valence-corrected chi connectivity index (χ4v) is 2.24. The lowest BCUT2D eigenvalue weighted by atomic mass is 9.85. The van der Waals surface area contributed by atoms with E-state index in [1.807, 2.05) is 19.9 Å². The van der Waals surface area contributed by atoms with E-state index in [9.17, 15) is 9.90 Å². The lowest BCUT2D eigenvalue weighted by molar-refractivity contribution is 0.0971. The van der Waals surface area contributed by atoms with E-state index in [1.165, 1.54) is 0 Å². The minimum Gasteiger partial charge on any atom is -0.507 e. The van der Waals surface area contributed by atoms with E-state index in [0.717, 1.165) is 35.1 Å². The van der Waals surface area contributed by atoms with Gasteiger partial charge >= 0.3 is 0 Å². The number of fused-ring (bicyclic) bond motifs is 1. The topological polar surface area (TPSA) is 37.3 Å². The number of ketones is 1. The first-order valence-corrected chi connectivity index (χ1v) is 4.96. The molecule has 0 saturated heterocycles. The largest absolute Gasteiger partial charge is 0.507 e. The number of phenolic OH excluding ortho intramolecular Hbond substituents is 1. The number of hydrogen-bond acceptors (Lipinski definition) is 2. The first-order chi connectivity index (χ1) is 6.61. The number of phenols is 1. The molecule has 1 aromatic rings. The maximum Gasteiger partial charge on any atom is 0.163 e. The summed E-state index contributed by atoms with van der Waals surface area (Å²) in [5.41, 5.74) is 3.49. The van der Waals surface area contributed by atoms with Gasteiger partial charge < -0.3 is 5.11 Å². The van der Waals surface area contributed by atoms with Gasteiger partial charge in [-0.05, 0) is 37.8 Å². The van der Waals surface area contributed by atoms with E-state index in [4.69, 9.17) is 0 Å². The van der Waals surface area contributed by atoms with Gasteiger partial charge in [0.05, 0.1) is 0 Å². The Morgan fingerprint density at radius 3 is 2.64 bits per heavy atom. The molecule has 0 unspecified atom stereocenters. The van der Waals surface area contributed by atoms with Gasteiger partial charge in [0.2, 0.25) is 0 Å². The number of aromatic hydroxyl groups is 1. The summed E-state index contributed by atoms with van der Waals surface area (Å²) in [6, 6.07) is 1.89. The van der Waals surface area contributed by atoms with Crippen LogP contribution < -0.4 is 0 Å². The highest BCUT2D eigenvalue weighted by molar-refractivity contribution is 6.00. The summed E-state index contributed by atoms with van der Waals surface area (Å²) in [5, 5.41) is 9.83. The third kappa shape index (κ3) is 1.22. The SMILES string of the molecule is Cc1cc(C)c2c(c1O)CCCC2=O. The molecule has 1 aromatic carbocycles. The van der Waals surface area contributed by atoms with Crippen molar-refractivity contribution in [3.8, 4) is 5.75 Å². The first-order valence-electron chi connectivity index (χ1n) is 4.96. The van der Waals surface area contributed by atoms with Crippen molar-refractivity contribution in [1.82, 2.24) is 0 Å². The van der Waals surface area contributed by atoms with E-state index in [-0.39, 0.29) is 5.78 Å². The van der Waals surface area contributed by atoms with Gasteiger partial charge in [-0.15, -0.1) is 0 Å². The predicted octanol–water partition coefficient (Wildman–Crippen LogP) is 2.53. The minimum atomic E-state index is 0.180. The van der Waals surface area contributed by atoms with Crippen LogP contribution in [0.1, 0.15) is 39.9 Å². The number of rotatable bonds is 0. The summed E-state index contributed by atoms with van der Waals surface area (Å²) in [7, 11) is 0. The molecule has 2 heteroatoms. The molecule has 1 aliphatic carbocycles. The van der Waals surface area contributed by atoms with Crippen LogP contribution in [-0.4, -0.2) is 10.9 Å². The second kappa shape index (κ2) is 3.12. The van der Waals surface area contributed by atoms with Gasteiger partial charge in [0.15, 0.2) is 5.78 Å². The molecule has 0 heterocycles. The molecule has 0 radical (unpaired) electrons. The molecule has 0 atom stereocenters. The average Bonchev–Trinajstić information content (AvgIpc) is 2.14. The van der Waals surface area contributed by atoms with Crippen molar-refractivity contribution in [3.63, 3.8) is 0 Å². The van der Waals surface area contributed by atoms with Crippen molar-refractivity contribution in [3.05, 3.63) is 28.3 Å². The Bertz CT molecular complexity index is 405. The monoisotopic (exact) mass is 190 g/mol. The number of Topliss-reactive ketones (excluding diaryl/α,β-unsaturated/α-hetero) is 1. The zero-order valence-corrected chi connectivity index (χ0v) is 8.55. The highest BCUT2D eigenvalue weighted by atomic mass is 16.3. The summed E-state index contributed by atoms with van der Waals surface area (Å²) in [6.07, 6.45) is 2.31. The van der Waals surface area contributed by atoms with Crippen LogP contribution in [0.5, 0.6) is 5.75 Å². The smallest absolute Gasteiger partial charge is 0.163 e. The van der Waals surface area contributed by atoms with E-state index in [2.05, 4.69) is 0 Å². The predicted molar refractivity (Wildman–Crippen MR) is 54.8 cm³/mol. The Hall–Kier alpha value is -1.31. The number of hydrogen-bond donors (Lipinski definition) is 1. The van der Waals surface area contributed by atoms with Crippen LogP contribution in [0.4, 0.5) is 0 Å². The highest BCUT2D eigenvalue weighted by Gasteiger charge is 2.22. The molecule has 14 heavy (non-hydrogen) atoms. The van der Waals surface area contributed by atoms with Crippen LogP contribution in [0, 0.1) is 13.8 Å². The molecule has 2 rings (SSSR count). The zero-order chi connectivity index (χ0) is 10.3. The van der Waals surface area contributed by atoms with Crippen molar-refractivity contribution in [2.45, 2.75) is 33.1 Å². The normalized spacial score (nSPS) is 15.4. The third-order valence-electron chi connectivity index (χ3n) is 2.90. The molecule has 0 saturated carbocycles. The van der Waals surface area contributed by atoms with E-state index >= 15 is 0 Å².